The van der Waals surface area contributed by atoms with Crippen LogP contribution in [0.5, 0.6) is 0 Å². The number of hydrogen-bond acceptors (Lipinski definition) is 2. The van der Waals surface area contributed by atoms with E-state index >= 15 is 0 Å². The Morgan fingerprint density at radius 1 is 1.33 bits per heavy atom. The quantitative estimate of drug-likeness (QED) is 0.681. The maximum atomic E-state index is 4.39. The van der Waals surface area contributed by atoms with E-state index in [1.54, 1.807) is 0 Å². The number of rotatable bonds is 3. The molecule has 1 aromatic rings. The van der Waals surface area contributed by atoms with Crippen LogP contribution in [0.3, 0.4) is 0 Å². The van der Waals surface area contributed by atoms with Crippen molar-refractivity contribution in [1.29, 1.82) is 0 Å². The summed E-state index contributed by atoms with van der Waals surface area (Å²) >= 11 is 0. The molecular formula is C13H14N2. The van der Waals surface area contributed by atoms with E-state index in [2.05, 4.69) is 34.8 Å². The summed E-state index contributed by atoms with van der Waals surface area (Å²) in [4.78, 5) is 6.58. The summed E-state index contributed by atoms with van der Waals surface area (Å²) in [5.74, 6) is 0. The van der Waals surface area contributed by atoms with E-state index < -0.39 is 0 Å². The lowest BCUT2D eigenvalue weighted by Gasteiger charge is -2.20. The first kappa shape index (κ1) is 9.71. The van der Waals surface area contributed by atoms with Crippen LogP contribution in [0.4, 0.5) is 0 Å². The lowest BCUT2D eigenvalue weighted by molar-refractivity contribution is 0.476. The summed E-state index contributed by atoms with van der Waals surface area (Å²) in [6.07, 6.45) is 5.92. The third-order valence-electron chi connectivity index (χ3n) is 2.28. The fraction of sp³-hybridized carbons (Fsp3) is 0.154. The van der Waals surface area contributed by atoms with Crippen molar-refractivity contribution in [2.75, 3.05) is 13.1 Å². The summed E-state index contributed by atoms with van der Waals surface area (Å²) in [6.45, 7) is 5.46. The molecule has 2 nitrogen and oxygen atoms in total. The maximum Gasteiger partial charge on any atom is 0.0857 e. The lowest BCUT2D eigenvalue weighted by atomic mass is 10.1. The second-order valence-electron chi connectivity index (χ2n) is 3.43. The molecule has 1 heterocycles. The standard InChI is InChI=1S/C13H14N2/c1-2-9-15-10-8-14-13(11-15)12-6-4-3-5-7-12/h2-8,11H,1,9-10H2. The molecule has 0 unspecified atom stereocenters. The second kappa shape index (κ2) is 4.60. The third-order valence-corrected chi connectivity index (χ3v) is 2.28. The monoisotopic (exact) mass is 198 g/mol. The smallest absolute Gasteiger partial charge is 0.0857 e. The fourth-order valence-electron chi connectivity index (χ4n) is 1.55. The Bertz CT molecular complexity index is 388. The van der Waals surface area contributed by atoms with E-state index in [4.69, 9.17) is 0 Å². The van der Waals surface area contributed by atoms with Crippen LogP contribution in [-0.2, 0) is 0 Å². The molecule has 1 aliphatic rings. The van der Waals surface area contributed by atoms with E-state index in [0.29, 0.717) is 0 Å². The van der Waals surface area contributed by atoms with Gasteiger partial charge in [0.1, 0.15) is 0 Å². The molecule has 0 aromatic heterocycles. The molecule has 0 saturated heterocycles. The molecule has 0 bridgehead atoms. The topological polar surface area (TPSA) is 15.6 Å². The largest absolute Gasteiger partial charge is 0.367 e. The van der Waals surface area contributed by atoms with Crippen LogP contribution in [-0.4, -0.2) is 24.2 Å². The van der Waals surface area contributed by atoms with Gasteiger partial charge in [0, 0.05) is 24.5 Å². The summed E-state index contributed by atoms with van der Waals surface area (Å²) in [5, 5.41) is 0. The number of aliphatic imine (C=N–C) groups is 1. The Morgan fingerprint density at radius 3 is 2.87 bits per heavy atom. The van der Waals surface area contributed by atoms with Crippen LogP contribution in [0.2, 0.25) is 0 Å². The second-order valence-corrected chi connectivity index (χ2v) is 3.43. The van der Waals surface area contributed by atoms with Gasteiger partial charge in [-0.15, -0.1) is 6.58 Å². The first-order chi connectivity index (χ1) is 7.40. The van der Waals surface area contributed by atoms with Crippen LogP contribution in [0.25, 0.3) is 5.70 Å². The van der Waals surface area contributed by atoms with E-state index in [1.165, 1.54) is 0 Å². The fourth-order valence-corrected chi connectivity index (χ4v) is 1.55. The molecule has 0 saturated carbocycles. The third kappa shape index (κ3) is 2.34. The Hall–Kier alpha value is -1.83. The van der Waals surface area contributed by atoms with E-state index in [0.717, 1.165) is 24.4 Å². The van der Waals surface area contributed by atoms with Crippen molar-refractivity contribution in [3.8, 4) is 0 Å². The van der Waals surface area contributed by atoms with Crippen LogP contribution >= 0.6 is 0 Å². The van der Waals surface area contributed by atoms with E-state index in [1.807, 2.05) is 30.5 Å². The van der Waals surface area contributed by atoms with Crippen molar-refractivity contribution in [2.45, 2.75) is 0 Å². The van der Waals surface area contributed by atoms with Crippen LogP contribution in [0.15, 0.2) is 54.2 Å². The van der Waals surface area contributed by atoms with E-state index in [-0.39, 0.29) is 0 Å². The average Bonchev–Trinajstić information content (AvgIpc) is 2.31. The zero-order chi connectivity index (χ0) is 10.5. The van der Waals surface area contributed by atoms with E-state index in [9.17, 15) is 0 Å². The van der Waals surface area contributed by atoms with Gasteiger partial charge in [0.25, 0.3) is 0 Å². The Morgan fingerprint density at radius 2 is 2.13 bits per heavy atom. The van der Waals surface area contributed by atoms with Gasteiger partial charge in [-0.1, -0.05) is 36.4 Å². The van der Waals surface area contributed by atoms with Gasteiger partial charge < -0.3 is 4.90 Å². The first-order valence-electron chi connectivity index (χ1n) is 5.05. The van der Waals surface area contributed by atoms with Crippen molar-refractivity contribution in [1.82, 2.24) is 4.90 Å². The number of nitrogens with zero attached hydrogens (tertiary/aromatic N) is 2. The predicted molar refractivity (Wildman–Crippen MR) is 64.7 cm³/mol. The van der Waals surface area contributed by atoms with Crippen molar-refractivity contribution >= 4 is 11.9 Å². The minimum Gasteiger partial charge on any atom is -0.367 e. The van der Waals surface area contributed by atoms with Gasteiger partial charge >= 0.3 is 0 Å². The molecule has 0 fully saturated rings. The van der Waals surface area contributed by atoms with Crippen LogP contribution < -0.4 is 0 Å². The first-order valence-corrected chi connectivity index (χ1v) is 5.05. The normalized spacial score (nSPS) is 14.9. The molecule has 2 rings (SSSR count). The summed E-state index contributed by atoms with van der Waals surface area (Å²) in [6, 6.07) is 10.2. The van der Waals surface area contributed by atoms with Crippen LogP contribution in [0, 0.1) is 0 Å². The molecule has 0 amide bonds. The minimum atomic E-state index is 0.863. The van der Waals surface area contributed by atoms with Gasteiger partial charge in [-0.25, -0.2) is 0 Å². The molecule has 0 spiro atoms. The molecule has 1 aromatic carbocycles. The zero-order valence-electron chi connectivity index (χ0n) is 8.63. The molecular weight excluding hydrogens is 184 g/mol. The molecule has 1 aliphatic heterocycles. The van der Waals surface area contributed by atoms with Crippen molar-refractivity contribution < 1.29 is 0 Å². The molecule has 0 atom stereocenters. The lowest BCUT2D eigenvalue weighted by Crippen LogP contribution is -2.22. The SMILES string of the molecule is C=CCN1C=C(c2ccccc2)N=CC1. The highest BCUT2D eigenvalue weighted by Gasteiger charge is 2.06. The highest BCUT2D eigenvalue weighted by molar-refractivity contribution is 5.77. The maximum absolute atomic E-state index is 4.39. The Balaban J connectivity index is 2.22. The van der Waals surface area contributed by atoms with Gasteiger partial charge in [0.05, 0.1) is 12.2 Å². The predicted octanol–water partition coefficient (Wildman–Crippen LogP) is 2.56. The summed E-state index contributed by atoms with van der Waals surface area (Å²) < 4.78 is 0. The van der Waals surface area contributed by atoms with Crippen molar-refractivity contribution in [2.24, 2.45) is 4.99 Å². The van der Waals surface area contributed by atoms with Gasteiger partial charge in [0.15, 0.2) is 0 Å². The molecule has 0 aliphatic carbocycles. The Labute approximate surface area is 90.3 Å². The highest BCUT2D eigenvalue weighted by atomic mass is 15.1. The van der Waals surface area contributed by atoms with Crippen LogP contribution in [0.1, 0.15) is 5.56 Å². The zero-order valence-corrected chi connectivity index (χ0v) is 8.63. The van der Waals surface area contributed by atoms with Gasteiger partial charge in [-0.05, 0) is 0 Å². The highest BCUT2D eigenvalue weighted by Crippen LogP contribution is 2.17. The van der Waals surface area contributed by atoms with Crippen molar-refractivity contribution in [3.05, 3.63) is 54.8 Å². The average molecular weight is 198 g/mol. The number of benzene rings is 1. The molecule has 0 radical (unpaired) electrons. The minimum absolute atomic E-state index is 0.863. The summed E-state index contributed by atoms with van der Waals surface area (Å²) in [7, 11) is 0. The van der Waals surface area contributed by atoms with Gasteiger partial charge in [-0.2, -0.15) is 0 Å². The van der Waals surface area contributed by atoms with Crippen molar-refractivity contribution in [3.63, 3.8) is 0 Å². The molecule has 15 heavy (non-hydrogen) atoms. The van der Waals surface area contributed by atoms with Gasteiger partial charge in [0.2, 0.25) is 0 Å². The summed E-state index contributed by atoms with van der Waals surface area (Å²) in [5.41, 5.74) is 2.17. The van der Waals surface area contributed by atoms with Gasteiger partial charge in [-0.3, -0.25) is 4.99 Å². The number of hydrogen-bond donors (Lipinski definition) is 0. The molecule has 0 N–H and O–H groups in total. The molecule has 2 heteroatoms. The molecule has 76 valence electrons. The Kier molecular flexibility index (Phi) is 2.98.